The average Bonchev–Trinajstić information content (AvgIpc) is 2.37. The van der Waals surface area contributed by atoms with Crippen LogP contribution in [0.4, 0.5) is 0 Å². The number of pyridine rings is 1. The summed E-state index contributed by atoms with van der Waals surface area (Å²) in [5, 5.41) is 10.2. The van der Waals surface area contributed by atoms with Gasteiger partial charge in [0.15, 0.2) is 0 Å². The number of hydrogen-bond acceptors (Lipinski definition) is 2. The van der Waals surface area contributed by atoms with Crippen LogP contribution in [0.1, 0.15) is 56.5 Å². The number of aryl methyl sites for hydroxylation is 1. The quantitative estimate of drug-likeness (QED) is 0.755. The van der Waals surface area contributed by atoms with Gasteiger partial charge in [0.2, 0.25) is 0 Å². The molecule has 0 aliphatic heterocycles. The zero-order valence-electron chi connectivity index (χ0n) is 11.3. The maximum absolute atomic E-state index is 10.2. The minimum absolute atomic E-state index is 0.320. The molecule has 1 aliphatic carbocycles. The Morgan fingerprint density at radius 2 is 2.00 bits per heavy atom. The van der Waals surface area contributed by atoms with Crippen LogP contribution in [0, 0.1) is 12.8 Å². The Kier molecular flexibility index (Phi) is 3.26. The molecule has 2 nitrogen and oxygen atoms in total. The second kappa shape index (κ2) is 4.41. The minimum atomic E-state index is -0.604. The number of nitrogens with zero attached hydrogens (tertiary/aromatic N) is 1. The first-order valence-corrected chi connectivity index (χ1v) is 6.56. The molecule has 94 valence electrons. The highest BCUT2D eigenvalue weighted by atomic mass is 16.3. The van der Waals surface area contributed by atoms with Crippen molar-refractivity contribution in [3.8, 4) is 0 Å². The number of fused-ring (bicyclic) bond motifs is 1. The average molecular weight is 233 g/mol. The standard InChI is InChI=1S/C15H23NO/c1-10-5-7-12(15(3,4)17)9-14-13(10)8-6-11(2)16-14/h6,8,10,12,17H,5,7,9H2,1-4H3/t10-,12+/m1/s1. The highest BCUT2D eigenvalue weighted by molar-refractivity contribution is 5.28. The van der Waals surface area contributed by atoms with Gasteiger partial charge in [-0.25, -0.2) is 0 Å². The van der Waals surface area contributed by atoms with E-state index in [1.807, 2.05) is 20.8 Å². The molecule has 0 unspecified atom stereocenters. The molecule has 2 rings (SSSR count). The summed E-state index contributed by atoms with van der Waals surface area (Å²) >= 11 is 0. The van der Waals surface area contributed by atoms with E-state index in [4.69, 9.17) is 0 Å². The summed E-state index contributed by atoms with van der Waals surface area (Å²) in [5.41, 5.74) is 3.05. The first-order chi connectivity index (χ1) is 7.88. The second-order valence-corrected chi connectivity index (χ2v) is 6.02. The molecular formula is C15H23NO. The van der Waals surface area contributed by atoms with Gasteiger partial charge in [-0.05, 0) is 63.5 Å². The van der Waals surface area contributed by atoms with Gasteiger partial charge in [-0.1, -0.05) is 13.0 Å². The van der Waals surface area contributed by atoms with Crippen LogP contribution in [0.25, 0.3) is 0 Å². The van der Waals surface area contributed by atoms with Gasteiger partial charge in [-0.2, -0.15) is 0 Å². The minimum Gasteiger partial charge on any atom is -0.390 e. The third-order valence-electron chi connectivity index (χ3n) is 4.07. The van der Waals surface area contributed by atoms with Gasteiger partial charge in [-0.15, -0.1) is 0 Å². The monoisotopic (exact) mass is 233 g/mol. The predicted octanol–water partition coefficient (Wildman–Crippen LogP) is 3.22. The number of aromatic nitrogens is 1. The normalized spacial score (nSPS) is 25.2. The number of aliphatic hydroxyl groups is 1. The van der Waals surface area contributed by atoms with Crippen LogP contribution in [-0.4, -0.2) is 15.7 Å². The third-order valence-corrected chi connectivity index (χ3v) is 4.07. The van der Waals surface area contributed by atoms with Crippen LogP contribution >= 0.6 is 0 Å². The van der Waals surface area contributed by atoms with Gasteiger partial charge in [-0.3, -0.25) is 4.98 Å². The molecule has 1 heterocycles. The Balaban J connectivity index is 2.36. The second-order valence-electron chi connectivity index (χ2n) is 6.02. The van der Waals surface area contributed by atoms with E-state index < -0.39 is 5.60 Å². The summed E-state index contributed by atoms with van der Waals surface area (Å²) in [6.45, 7) is 8.14. The Hall–Kier alpha value is -0.890. The molecule has 0 aromatic carbocycles. The van der Waals surface area contributed by atoms with Crippen molar-refractivity contribution in [3.63, 3.8) is 0 Å². The van der Waals surface area contributed by atoms with Crippen molar-refractivity contribution in [3.05, 3.63) is 29.1 Å². The van der Waals surface area contributed by atoms with E-state index in [0.717, 1.165) is 25.0 Å². The molecule has 17 heavy (non-hydrogen) atoms. The number of rotatable bonds is 1. The van der Waals surface area contributed by atoms with E-state index >= 15 is 0 Å². The van der Waals surface area contributed by atoms with Crippen LogP contribution in [-0.2, 0) is 6.42 Å². The summed E-state index contributed by atoms with van der Waals surface area (Å²) in [7, 11) is 0. The van der Waals surface area contributed by atoms with E-state index in [1.54, 1.807) is 0 Å². The van der Waals surface area contributed by atoms with Crippen LogP contribution in [0.5, 0.6) is 0 Å². The van der Waals surface area contributed by atoms with Crippen molar-refractivity contribution in [2.24, 2.45) is 5.92 Å². The summed E-state index contributed by atoms with van der Waals surface area (Å²) in [6, 6.07) is 4.31. The van der Waals surface area contributed by atoms with Crippen molar-refractivity contribution in [1.82, 2.24) is 4.98 Å². The van der Waals surface area contributed by atoms with E-state index in [-0.39, 0.29) is 0 Å². The maximum Gasteiger partial charge on any atom is 0.0623 e. The molecule has 0 fully saturated rings. The molecule has 0 spiro atoms. The molecule has 0 bridgehead atoms. The predicted molar refractivity (Wildman–Crippen MR) is 70.1 cm³/mol. The lowest BCUT2D eigenvalue weighted by molar-refractivity contribution is 0.0127. The molecule has 0 radical (unpaired) electrons. The summed E-state index contributed by atoms with van der Waals surface area (Å²) in [4.78, 5) is 4.68. The third kappa shape index (κ3) is 2.68. The fourth-order valence-electron chi connectivity index (χ4n) is 2.78. The van der Waals surface area contributed by atoms with E-state index in [9.17, 15) is 5.11 Å². The van der Waals surface area contributed by atoms with Crippen molar-refractivity contribution < 1.29 is 5.11 Å². The molecule has 2 heteroatoms. The Morgan fingerprint density at radius 3 is 2.65 bits per heavy atom. The van der Waals surface area contributed by atoms with E-state index in [2.05, 4.69) is 24.0 Å². The highest BCUT2D eigenvalue weighted by Crippen LogP contribution is 2.36. The largest absolute Gasteiger partial charge is 0.390 e. The fraction of sp³-hybridized carbons (Fsp3) is 0.667. The summed E-state index contributed by atoms with van der Waals surface area (Å²) in [5.74, 6) is 0.881. The van der Waals surface area contributed by atoms with E-state index in [0.29, 0.717) is 11.8 Å². The topological polar surface area (TPSA) is 33.1 Å². The van der Waals surface area contributed by atoms with Crippen molar-refractivity contribution in [1.29, 1.82) is 0 Å². The molecule has 2 atom stereocenters. The molecule has 1 aliphatic rings. The lowest BCUT2D eigenvalue weighted by Gasteiger charge is -2.28. The lowest BCUT2D eigenvalue weighted by atomic mass is 9.84. The van der Waals surface area contributed by atoms with Gasteiger partial charge < -0.3 is 5.11 Å². The highest BCUT2D eigenvalue weighted by Gasteiger charge is 2.31. The van der Waals surface area contributed by atoms with Gasteiger partial charge in [0, 0.05) is 11.4 Å². The Labute approximate surface area is 104 Å². The Morgan fingerprint density at radius 1 is 1.29 bits per heavy atom. The number of hydrogen-bond donors (Lipinski definition) is 1. The van der Waals surface area contributed by atoms with Gasteiger partial charge >= 0.3 is 0 Å². The van der Waals surface area contributed by atoms with Gasteiger partial charge in [0.25, 0.3) is 0 Å². The molecular weight excluding hydrogens is 210 g/mol. The molecule has 0 amide bonds. The molecule has 0 saturated carbocycles. The van der Waals surface area contributed by atoms with Gasteiger partial charge in [0.05, 0.1) is 5.60 Å². The maximum atomic E-state index is 10.2. The van der Waals surface area contributed by atoms with Crippen molar-refractivity contribution >= 4 is 0 Å². The molecule has 1 N–H and O–H groups in total. The van der Waals surface area contributed by atoms with Gasteiger partial charge in [0.1, 0.15) is 0 Å². The molecule has 0 saturated heterocycles. The summed E-state index contributed by atoms with van der Waals surface area (Å²) in [6.07, 6.45) is 3.14. The first-order valence-electron chi connectivity index (χ1n) is 6.56. The van der Waals surface area contributed by atoms with Crippen LogP contribution in [0.2, 0.25) is 0 Å². The lowest BCUT2D eigenvalue weighted by Crippen LogP contribution is -2.32. The van der Waals surface area contributed by atoms with Crippen LogP contribution < -0.4 is 0 Å². The molecule has 1 aromatic heterocycles. The van der Waals surface area contributed by atoms with Crippen LogP contribution in [0.15, 0.2) is 12.1 Å². The summed E-state index contributed by atoms with van der Waals surface area (Å²) < 4.78 is 0. The SMILES string of the molecule is Cc1ccc2c(n1)C[C@@H](C(C)(C)O)CC[C@H]2C. The smallest absolute Gasteiger partial charge is 0.0623 e. The Bertz CT molecular complexity index is 406. The van der Waals surface area contributed by atoms with E-state index in [1.165, 1.54) is 11.3 Å². The molecule has 1 aromatic rings. The zero-order valence-corrected chi connectivity index (χ0v) is 11.3. The fourth-order valence-corrected chi connectivity index (χ4v) is 2.78. The first kappa shape index (κ1) is 12.6. The van der Waals surface area contributed by atoms with Crippen LogP contribution in [0.3, 0.4) is 0 Å². The zero-order chi connectivity index (χ0) is 12.6. The van der Waals surface area contributed by atoms with Crippen molar-refractivity contribution in [2.45, 2.75) is 58.5 Å². The van der Waals surface area contributed by atoms with Crippen molar-refractivity contribution in [2.75, 3.05) is 0 Å².